The van der Waals surface area contributed by atoms with Crippen LogP contribution in [0.3, 0.4) is 0 Å². The van der Waals surface area contributed by atoms with E-state index in [-0.39, 0.29) is 5.57 Å². The maximum Gasteiger partial charge on any atom is 0.262 e. The van der Waals surface area contributed by atoms with Gasteiger partial charge >= 0.3 is 0 Å². The van der Waals surface area contributed by atoms with Crippen molar-refractivity contribution >= 4 is 23.6 Å². The third kappa shape index (κ3) is 6.63. The summed E-state index contributed by atoms with van der Waals surface area (Å²) in [6.45, 7) is 3.04. The van der Waals surface area contributed by atoms with Crippen molar-refractivity contribution in [3.8, 4) is 17.6 Å². The number of nitrogens with one attached hydrogen (secondary N) is 1. The van der Waals surface area contributed by atoms with E-state index in [1.165, 1.54) is 6.08 Å². The Morgan fingerprint density at radius 2 is 1.75 bits per heavy atom. The van der Waals surface area contributed by atoms with Gasteiger partial charge in [0, 0.05) is 11.6 Å². The molecule has 3 aromatic rings. The summed E-state index contributed by atoms with van der Waals surface area (Å²) < 4.78 is 11.6. The van der Waals surface area contributed by atoms with E-state index in [1.54, 1.807) is 18.2 Å². The van der Waals surface area contributed by atoms with Crippen molar-refractivity contribution in [2.24, 2.45) is 0 Å². The Morgan fingerprint density at radius 3 is 2.44 bits per heavy atom. The minimum Gasteiger partial charge on any atom is -0.490 e. The number of amides is 1. The highest BCUT2D eigenvalue weighted by atomic mass is 35.5. The number of halogens is 1. The number of hydrogen-bond donors (Lipinski definition) is 1. The standard InChI is InChI=1S/C26H23ClN2O3/c1-2-31-25-15-21(10-13-24(25)32-18-20-8-11-23(27)12-9-20)14-22(16-28)26(30)29-17-19-6-4-3-5-7-19/h3-15H,2,17-18H2,1H3,(H,29,30)/b22-14-. The van der Waals surface area contributed by atoms with Crippen LogP contribution in [0.25, 0.3) is 6.08 Å². The number of nitriles is 1. The van der Waals surface area contributed by atoms with Gasteiger partial charge in [0.05, 0.1) is 6.61 Å². The fourth-order valence-corrected chi connectivity index (χ4v) is 3.06. The normalized spacial score (nSPS) is 10.8. The fraction of sp³-hybridized carbons (Fsp3) is 0.154. The molecular formula is C26H23ClN2O3. The average molecular weight is 447 g/mol. The summed E-state index contributed by atoms with van der Waals surface area (Å²) in [5, 5.41) is 12.9. The topological polar surface area (TPSA) is 71.3 Å². The van der Waals surface area contributed by atoms with E-state index in [1.807, 2.05) is 67.6 Å². The first kappa shape index (κ1) is 22.9. The number of nitrogens with zero attached hydrogens (tertiary/aromatic N) is 1. The lowest BCUT2D eigenvalue weighted by Crippen LogP contribution is -2.23. The van der Waals surface area contributed by atoms with Crippen molar-refractivity contribution < 1.29 is 14.3 Å². The first-order chi connectivity index (χ1) is 15.6. The third-order valence-corrected chi connectivity index (χ3v) is 4.80. The highest BCUT2D eigenvalue weighted by Crippen LogP contribution is 2.30. The summed E-state index contributed by atoms with van der Waals surface area (Å²) in [4.78, 5) is 12.4. The Kier molecular flexibility index (Phi) is 8.30. The molecule has 0 bridgehead atoms. The molecule has 0 saturated carbocycles. The van der Waals surface area contributed by atoms with Crippen LogP contribution in [-0.4, -0.2) is 12.5 Å². The van der Waals surface area contributed by atoms with Crippen molar-refractivity contribution in [1.29, 1.82) is 5.26 Å². The highest BCUT2D eigenvalue weighted by Gasteiger charge is 2.11. The van der Waals surface area contributed by atoms with Gasteiger partial charge in [-0.25, -0.2) is 0 Å². The summed E-state index contributed by atoms with van der Waals surface area (Å²) >= 11 is 5.92. The summed E-state index contributed by atoms with van der Waals surface area (Å²) in [6, 6.07) is 24.2. The predicted octanol–water partition coefficient (Wildman–Crippen LogP) is 5.54. The monoisotopic (exact) mass is 446 g/mol. The third-order valence-electron chi connectivity index (χ3n) is 4.55. The second-order valence-electron chi connectivity index (χ2n) is 6.89. The van der Waals surface area contributed by atoms with Crippen LogP contribution in [0.15, 0.2) is 78.4 Å². The minimum absolute atomic E-state index is 0.0122. The lowest BCUT2D eigenvalue weighted by Gasteiger charge is -2.13. The lowest BCUT2D eigenvalue weighted by molar-refractivity contribution is -0.117. The smallest absolute Gasteiger partial charge is 0.262 e. The molecule has 32 heavy (non-hydrogen) atoms. The molecule has 0 aromatic heterocycles. The van der Waals surface area contributed by atoms with Crippen molar-refractivity contribution in [1.82, 2.24) is 5.32 Å². The zero-order valence-electron chi connectivity index (χ0n) is 17.7. The van der Waals surface area contributed by atoms with Crippen LogP contribution in [0.4, 0.5) is 0 Å². The van der Waals surface area contributed by atoms with Gasteiger partial charge in [-0.3, -0.25) is 4.79 Å². The van der Waals surface area contributed by atoms with Gasteiger partial charge in [0.15, 0.2) is 11.5 Å². The Balaban J connectivity index is 1.72. The van der Waals surface area contributed by atoms with Crippen LogP contribution >= 0.6 is 11.6 Å². The molecule has 0 saturated heterocycles. The average Bonchev–Trinajstić information content (AvgIpc) is 2.82. The molecule has 0 atom stereocenters. The van der Waals surface area contributed by atoms with E-state index in [4.69, 9.17) is 21.1 Å². The number of carbonyl (C=O) groups is 1. The van der Waals surface area contributed by atoms with Crippen LogP contribution in [0, 0.1) is 11.3 Å². The van der Waals surface area contributed by atoms with E-state index in [0.29, 0.717) is 41.8 Å². The fourth-order valence-electron chi connectivity index (χ4n) is 2.93. The first-order valence-corrected chi connectivity index (χ1v) is 10.5. The van der Waals surface area contributed by atoms with Crippen LogP contribution < -0.4 is 14.8 Å². The van der Waals surface area contributed by atoms with Crippen molar-refractivity contribution in [2.75, 3.05) is 6.61 Å². The molecule has 0 spiro atoms. The number of rotatable bonds is 9. The molecule has 0 aliphatic heterocycles. The SMILES string of the molecule is CCOc1cc(/C=C(/C#N)C(=O)NCc2ccccc2)ccc1OCc1ccc(Cl)cc1. The summed E-state index contributed by atoms with van der Waals surface area (Å²) in [6.07, 6.45) is 1.53. The Labute approximate surface area is 192 Å². The number of benzene rings is 3. The predicted molar refractivity (Wildman–Crippen MR) is 125 cm³/mol. The largest absolute Gasteiger partial charge is 0.490 e. The lowest BCUT2D eigenvalue weighted by atomic mass is 10.1. The number of carbonyl (C=O) groups excluding carboxylic acids is 1. The second-order valence-corrected chi connectivity index (χ2v) is 7.33. The van der Waals surface area contributed by atoms with Crippen molar-refractivity contribution in [3.05, 3.63) is 100 Å². The van der Waals surface area contributed by atoms with Crippen LogP contribution in [0.5, 0.6) is 11.5 Å². The van der Waals surface area contributed by atoms with Crippen molar-refractivity contribution in [2.45, 2.75) is 20.1 Å². The molecule has 0 fully saturated rings. The Hall–Kier alpha value is -3.75. The molecule has 1 amide bonds. The maximum absolute atomic E-state index is 12.4. The Morgan fingerprint density at radius 1 is 1.00 bits per heavy atom. The molecule has 1 N–H and O–H groups in total. The van der Waals surface area contributed by atoms with Gasteiger partial charge in [-0.15, -0.1) is 0 Å². The van der Waals surface area contributed by atoms with Crippen molar-refractivity contribution in [3.63, 3.8) is 0 Å². The zero-order valence-corrected chi connectivity index (χ0v) is 18.4. The number of ether oxygens (including phenoxy) is 2. The van der Waals surface area contributed by atoms with Gasteiger partial charge in [-0.05, 0) is 54.0 Å². The van der Waals surface area contributed by atoms with E-state index in [2.05, 4.69) is 5.32 Å². The van der Waals surface area contributed by atoms with Gasteiger partial charge < -0.3 is 14.8 Å². The van der Waals surface area contributed by atoms with Crippen LogP contribution in [0.1, 0.15) is 23.6 Å². The molecule has 0 aliphatic carbocycles. The van der Waals surface area contributed by atoms with Gasteiger partial charge in [0.2, 0.25) is 0 Å². The molecule has 0 unspecified atom stereocenters. The zero-order chi connectivity index (χ0) is 22.8. The highest BCUT2D eigenvalue weighted by molar-refractivity contribution is 6.30. The first-order valence-electron chi connectivity index (χ1n) is 10.2. The summed E-state index contributed by atoms with van der Waals surface area (Å²) in [5.74, 6) is 0.681. The molecule has 162 valence electrons. The molecule has 3 rings (SSSR count). The quantitative estimate of drug-likeness (QED) is 0.346. The summed E-state index contributed by atoms with van der Waals surface area (Å²) in [5.41, 5.74) is 2.61. The molecule has 0 aliphatic rings. The van der Waals surface area contributed by atoms with E-state index in [9.17, 15) is 10.1 Å². The van der Waals surface area contributed by atoms with E-state index >= 15 is 0 Å². The molecule has 6 heteroatoms. The van der Waals surface area contributed by atoms with Crippen LogP contribution in [-0.2, 0) is 17.9 Å². The van der Waals surface area contributed by atoms with E-state index in [0.717, 1.165) is 11.1 Å². The molecular weight excluding hydrogens is 424 g/mol. The summed E-state index contributed by atoms with van der Waals surface area (Å²) in [7, 11) is 0. The van der Waals surface area contributed by atoms with Gasteiger partial charge in [-0.1, -0.05) is 60.1 Å². The molecule has 0 heterocycles. The van der Waals surface area contributed by atoms with Gasteiger partial charge in [-0.2, -0.15) is 5.26 Å². The Bertz CT molecular complexity index is 1120. The van der Waals surface area contributed by atoms with Gasteiger partial charge in [0.25, 0.3) is 5.91 Å². The molecule has 3 aromatic carbocycles. The molecule has 0 radical (unpaired) electrons. The second kappa shape index (κ2) is 11.6. The number of hydrogen-bond acceptors (Lipinski definition) is 4. The van der Waals surface area contributed by atoms with Crippen LogP contribution in [0.2, 0.25) is 5.02 Å². The molecule has 5 nitrogen and oxygen atoms in total. The van der Waals surface area contributed by atoms with E-state index < -0.39 is 5.91 Å². The minimum atomic E-state index is -0.433. The van der Waals surface area contributed by atoms with Gasteiger partial charge in [0.1, 0.15) is 18.2 Å². The maximum atomic E-state index is 12.4.